The minimum Gasteiger partial charge on any atom is -0.492 e. The number of halogens is 2. The van der Waals surface area contributed by atoms with E-state index in [1.807, 2.05) is 0 Å². The van der Waals surface area contributed by atoms with Crippen molar-refractivity contribution in [3.8, 4) is 5.75 Å². The SMILES string of the molecule is O=C(NCCOc1ccc(Cl)cc1)N1CCN(c2ccc(F)cc2)CC1. The molecule has 0 aliphatic carbocycles. The van der Waals surface area contributed by atoms with Crippen molar-refractivity contribution in [1.82, 2.24) is 10.2 Å². The lowest BCUT2D eigenvalue weighted by molar-refractivity contribution is 0.191. The van der Waals surface area contributed by atoms with Crippen LogP contribution >= 0.6 is 11.6 Å². The summed E-state index contributed by atoms with van der Waals surface area (Å²) in [5, 5.41) is 3.52. The Bertz CT molecular complexity index is 717. The number of piperazine rings is 1. The van der Waals surface area contributed by atoms with Crippen LogP contribution in [0.25, 0.3) is 0 Å². The van der Waals surface area contributed by atoms with Gasteiger partial charge >= 0.3 is 6.03 Å². The van der Waals surface area contributed by atoms with Crippen LogP contribution in [0.4, 0.5) is 14.9 Å². The molecule has 1 aliphatic heterocycles. The van der Waals surface area contributed by atoms with Crippen molar-refractivity contribution in [2.75, 3.05) is 44.2 Å². The minimum absolute atomic E-state index is 0.0940. The van der Waals surface area contributed by atoms with E-state index in [9.17, 15) is 9.18 Å². The van der Waals surface area contributed by atoms with E-state index in [-0.39, 0.29) is 11.8 Å². The molecule has 5 nitrogen and oxygen atoms in total. The summed E-state index contributed by atoms with van der Waals surface area (Å²) in [6, 6.07) is 13.4. The molecule has 1 aliphatic rings. The molecule has 26 heavy (non-hydrogen) atoms. The van der Waals surface area contributed by atoms with Gasteiger partial charge in [0.2, 0.25) is 0 Å². The smallest absolute Gasteiger partial charge is 0.317 e. The van der Waals surface area contributed by atoms with Gasteiger partial charge in [0.15, 0.2) is 0 Å². The highest BCUT2D eigenvalue weighted by atomic mass is 35.5. The normalized spacial score (nSPS) is 14.2. The van der Waals surface area contributed by atoms with Crippen molar-refractivity contribution in [1.29, 1.82) is 0 Å². The maximum Gasteiger partial charge on any atom is 0.317 e. The highest BCUT2D eigenvalue weighted by Gasteiger charge is 2.20. The molecule has 1 N–H and O–H groups in total. The Morgan fingerprint density at radius 2 is 1.69 bits per heavy atom. The Morgan fingerprint density at radius 1 is 1.04 bits per heavy atom. The molecule has 0 bridgehead atoms. The van der Waals surface area contributed by atoms with Crippen molar-refractivity contribution in [3.05, 3.63) is 59.4 Å². The molecular weight excluding hydrogens is 357 g/mol. The van der Waals surface area contributed by atoms with Gasteiger partial charge in [-0.25, -0.2) is 9.18 Å². The molecule has 1 heterocycles. The molecule has 7 heteroatoms. The van der Waals surface area contributed by atoms with Gasteiger partial charge in [-0.3, -0.25) is 0 Å². The molecule has 0 aromatic heterocycles. The second kappa shape index (κ2) is 8.76. The molecule has 0 unspecified atom stereocenters. The molecule has 0 radical (unpaired) electrons. The van der Waals surface area contributed by atoms with E-state index in [1.54, 1.807) is 41.3 Å². The van der Waals surface area contributed by atoms with Crippen LogP contribution in [0.5, 0.6) is 5.75 Å². The molecule has 0 saturated carbocycles. The number of hydrogen-bond acceptors (Lipinski definition) is 3. The minimum atomic E-state index is -0.243. The fourth-order valence-electron chi connectivity index (χ4n) is 2.79. The van der Waals surface area contributed by atoms with Crippen LogP contribution in [-0.4, -0.2) is 50.3 Å². The molecule has 2 aromatic rings. The van der Waals surface area contributed by atoms with Crippen molar-refractivity contribution in [2.45, 2.75) is 0 Å². The molecule has 1 fully saturated rings. The number of carbonyl (C=O) groups is 1. The maximum atomic E-state index is 13.0. The third-order valence-corrected chi connectivity index (χ3v) is 4.47. The van der Waals surface area contributed by atoms with E-state index in [0.717, 1.165) is 24.5 Å². The van der Waals surface area contributed by atoms with Crippen LogP contribution in [0.3, 0.4) is 0 Å². The molecule has 1 saturated heterocycles. The zero-order chi connectivity index (χ0) is 18.4. The summed E-state index contributed by atoms with van der Waals surface area (Å²) in [6.45, 7) is 3.52. The van der Waals surface area contributed by atoms with E-state index in [4.69, 9.17) is 16.3 Å². The average Bonchev–Trinajstić information content (AvgIpc) is 2.67. The van der Waals surface area contributed by atoms with Crippen LogP contribution < -0.4 is 15.0 Å². The average molecular weight is 378 g/mol. The van der Waals surface area contributed by atoms with Gasteiger partial charge in [0, 0.05) is 36.9 Å². The molecule has 2 aromatic carbocycles. The first-order chi connectivity index (χ1) is 12.6. The number of nitrogens with zero attached hydrogens (tertiary/aromatic N) is 2. The molecule has 2 amide bonds. The second-order valence-corrected chi connectivity index (χ2v) is 6.42. The number of hydrogen-bond donors (Lipinski definition) is 1. The van der Waals surface area contributed by atoms with Crippen molar-refractivity contribution in [3.63, 3.8) is 0 Å². The third kappa shape index (κ3) is 5.02. The number of amides is 2. The summed E-state index contributed by atoms with van der Waals surface area (Å²) in [7, 11) is 0. The molecule has 0 atom stereocenters. The van der Waals surface area contributed by atoms with E-state index < -0.39 is 0 Å². The zero-order valence-electron chi connectivity index (χ0n) is 14.3. The van der Waals surface area contributed by atoms with Gasteiger partial charge < -0.3 is 19.9 Å². The Balaban J connectivity index is 1.37. The highest BCUT2D eigenvalue weighted by molar-refractivity contribution is 6.30. The summed E-state index contributed by atoms with van der Waals surface area (Å²) < 4.78 is 18.6. The number of benzene rings is 2. The number of nitrogens with one attached hydrogen (secondary N) is 1. The Hall–Kier alpha value is -2.47. The van der Waals surface area contributed by atoms with Crippen LogP contribution in [0.2, 0.25) is 5.02 Å². The first-order valence-corrected chi connectivity index (χ1v) is 8.91. The topological polar surface area (TPSA) is 44.8 Å². The quantitative estimate of drug-likeness (QED) is 0.812. The lowest BCUT2D eigenvalue weighted by Gasteiger charge is -2.36. The number of urea groups is 1. The van der Waals surface area contributed by atoms with Gasteiger partial charge in [0.05, 0.1) is 6.54 Å². The predicted molar refractivity (Wildman–Crippen MR) is 101 cm³/mol. The fraction of sp³-hybridized carbons (Fsp3) is 0.316. The summed E-state index contributed by atoms with van der Waals surface area (Å²) in [6.07, 6.45) is 0. The van der Waals surface area contributed by atoms with Crippen LogP contribution in [-0.2, 0) is 0 Å². The summed E-state index contributed by atoms with van der Waals surface area (Å²) in [5.41, 5.74) is 0.975. The number of carbonyl (C=O) groups excluding carboxylic acids is 1. The summed E-state index contributed by atoms with van der Waals surface area (Å²) in [4.78, 5) is 16.1. The van der Waals surface area contributed by atoms with Crippen molar-refractivity contribution >= 4 is 23.3 Å². The number of rotatable bonds is 5. The van der Waals surface area contributed by atoms with Gasteiger partial charge in [-0.1, -0.05) is 11.6 Å². The number of ether oxygens (including phenoxy) is 1. The Labute approximate surface area is 157 Å². The monoisotopic (exact) mass is 377 g/mol. The van der Waals surface area contributed by atoms with Gasteiger partial charge in [0.1, 0.15) is 18.2 Å². The number of anilines is 1. The fourth-order valence-corrected chi connectivity index (χ4v) is 2.92. The highest BCUT2D eigenvalue weighted by Crippen LogP contribution is 2.17. The van der Waals surface area contributed by atoms with Crippen LogP contribution in [0, 0.1) is 5.82 Å². The lowest BCUT2D eigenvalue weighted by Crippen LogP contribution is -2.52. The Morgan fingerprint density at radius 3 is 2.35 bits per heavy atom. The first-order valence-electron chi connectivity index (χ1n) is 8.53. The zero-order valence-corrected chi connectivity index (χ0v) is 15.1. The summed E-state index contributed by atoms with van der Waals surface area (Å²) in [5.74, 6) is 0.476. The van der Waals surface area contributed by atoms with E-state index in [1.165, 1.54) is 12.1 Å². The third-order valence-electron chi connectivity index (χ3n) is 4.22. The lowest BCUT2D eigenvalue weighted by atomic mass is 10.2. The van der Waals surface area contributed by atoms with Crippen LogP contribution in [0.15, 0.2) is 48.5 Å². The second-order valence-electron chi connectivity index (χ2n) is 5.98. The Kier molecular flexibility index (Phi) is 6.17. The largest absolute Gasteiger partial charge is 0.492 e. The van der Waals surface area contributed by atoms with E-state index >= 15 is 0 Å². The van der Waals surface area contributed by atoms with Gasteiger partial charge in [-0.2, -0.15) is 0 Å². The predicted octanol–water partition coefficient (Wildman–Crippen LogP) is 3.39. The first kappa shape index (κ1) is 18.3. The van der Waals surface area contributed by atoms with Gasteiger partial charge in [-0.05, 0) is 48.5 Å². The van der Waals surface area contributed by atoms with E-state index in [2.05, 4.69) is 10.2 Å². The molecule has 138 valence electrons. The molecule has 3 rings (SSSR count). The van der Waals surface area contributed by atoms with Crippen molar-refractivity contribution in [2.24, 2.45) is 0 Å². The van der Waals surface area contributed by atoms with Gasteiger partial charge in [-0.15, -0.1) is 0 Å². The molecule has 0 spiro atoms. The maximum absolute atomic E-state index is 13.0. The van der Waals surface area contributed by atoms with Crippen molar-refractivity contribution < 1.29 is 13.9 Å². The van der Waals surface area contributed by atoms with Gasteiger partial charge in [0.25, 0.3) is 0 Å². The molecular formula is C19H21ClFN3O2. The summed E-state index contributed by atoms with van der Waals surface area (Å²) >= 11 is 5.82. The van der Waals surface area contributed by atoms with E-state index in [0.29, 0.717) is 31.3 Å². The van der Waals surface area contributed by atoms with Crippen LogP contribution in [0.1, 0.15) is 0 Å². The standard InChI is InChI=1S/C19H21ClFN3O2/c20-15-1-7-18(8-2-15)26-14-9-22-19(25)24-12-10-23(11-13-24)17-5-3-16(21)4-6-17/h1-8H,9-14H2,(H,22,25).